The van der Waals surface area contributed by atoms with Crippen molar-refractivity contribution < 1.29 is 24.9 Å². The number of benzene rings is 2. The van der Waals surface area contributed by atoms with Crippen molar-refractivity contribution in [2.24, 2.45) is 0 Å². The molecule has 5 heteroatoms. The first-order chi connectivity index (χ1) is 10.5. The van der Waals surface area contributed by atoms with Gasteiger partial charge in [-0.1, -0.05) is 42.5 Å². The lowest BCUT2D eigenvalue weighted by Gasteiger charge is -2.37. The van der Waals surface area contributed by atoms with Crippen LogP contribution < -0.4 is 0 Å². The number of Topliss-reactive ketones (excluding diaryl/α,β-unsaturated/α-hetero) is 1. The van der Waals surface area contributed by atoms with Crippen molar-refractivity contribution in [1.82, 2.24) is 0 Å². The lowest BCUT2D eigenvalue weighted by Crippen LogP contribution is -2.55. The molecule has 0 amide bonds. The number of ketones is 1. The molecule has 0 spiro atoms. The zero-order valence-electron chi connectivity index (χ0n) is 12.0. The fourth-order valence-corrected chi connectivity index (χ4v) is 2.70. The van der Waals surface area contributed by atoms with E-state index in [2.05, 4.69) is 0 Å². The SMILES string of the molecule is C[C@@H]1O[C](C(=O)c2cccc3ccccc23)[C@H](O)[C@H](O)[C@H]1O. The molecule has 1 radical (unpaired) electrons. The van der Waals surface area contributed by atoms with Crippen molar-refractivity contribution >= 4 is 16.6 Å². The minimum absolute atomic E-state index is 0.235. The Morgan fingerprint density at radius 1 is 1.00 bits per heavy atom. The van der Waals surface area contributed by atoms with Gasteiger partial charge in [-0.25, -0.2) is 0 Å². The maximum Gasteiger partial charge on any atom is 0.201 e. The molecule has 0 aromatic heterocycles. The largest absolute Gasteiger partial charge is 0.388 e. The van der Waals surface area contributed by atoms with Crippen molar-refractivity contribution in [3.63, 3.8) is 0 Å². The van der Waals surface area contributed by atoms with E-state index in [0.717, 1.165) is 10.8 Å². The number of ether oxygens (including phenoxy) is 1. The van der Waals surface area contributed by atoms with Crippen molar-refractivity contribution in [3.05, 3.63) is 54.1 Å². The second-order valence-corrected chi connectivity index (χ2v) is 5.47. The Morgan fingerprint density at radius 3 is 2.45 bits per heavy atom. The van der Waals surface area contributed by atoms with E-state index in [-0.39, 0.29) is 6.10 Å². The third-order valence-corrected chi connectivity index (χ3v) is 3.99. The van der Waals surface area contributed by atoms with Gasteiger partial charge in [-0.05, 0) is 17.7 Å². The first-order valence-corrected chi connectivity index (χ1v) is 7.11. The summed E-state index contributed by atoms with van der Waals surface area (Å²) in [5.41, 5.74) is 0.392. The maximum absolute atomic E-state index is 12.7. The van der Waals surface area contributed by atoms with Gasteiger partial charge in [0.1, 0.15) is 18.3 Å². The molecule has 5 nitrogen and oxygen atoms in total. The van der Waals surface area contributed by atoms with Crippen molar-refractivity contribution in [1.29, 1.82) is 0 Å². The van der Waals surface area contributed by atoms with Crippen LogP contribution in [0.2, 0.25) is 0 Å². The molecule has 1 heterocycles. The average Bonchev–Trinajstić information content (AvgIpc) is 2.55. The Bertz CT molecular complexity index is 693. The molecular formula is C17H17O5. The standard InChI is InChI=1S/C17H17O5/c1-9-13(18)15(20)16(21)17(22-9)14(19)12-8-4-6-10-5-2-3-7-11(10)12/h2-9,13,15-16,18,20-21H,1H3/t9-,13-,15+,16+/m0/s1. The normalized spacial score (nSPS) is 29.6. The van der Waals surface area contributed by atoms with Gasteiger partial charge in [-0.15, -0.1) is 0 Å². The molecule has 2 aromatic rings. The van der Waals surface area contributed by atoms with E-state index in [0.29, 0.717) is 5.56 Å². The zero-order chi connectivity index (χ0) is 15.9. The summed E-state index contributed by atoms with van der Waals surface area (Å²) in [6.45, 7) is 1.54. The molecule has 115 valence electrons. The van der Waals surface area contributed by atoms with Gasteiger partial charge >= 0.3 is 0 Å². The second kappa shape index (κ2) is 5.78. The van der Waals surface area contributed by atoms with Gasteiger partial charge in [0.25, 0.3) is 0 Å². The molecule has 1 aliphatic rings. The molecule has 1 saturated heterocycles. The number of carbonyl (C=O) groups is 1. The van der Waals surface area contributed by atoms with E-state index in [1.54, 1.807) is 12.1 Å². The zero-order valence-corrected chi connectivity index (χ0v) is 12.0. The highest BCUT2D eigenvalue weighted by Gasteiger charge is 2.46. The summed E-state index contributed by atoms with van der Waals surface area (Å²) in [5, 5.41) is 31.2. The Morgan fingerprint density at radius 2 is 1.68 bits per heavy atom. The molecular weight excluding hydrogens is 284 g/mol. The highest BCUT2D eigenvalue weighted by atomic mass is 16.5. The monoisotopic (exact) mass is 301 g/mol. The summed E-state index contributed by atoms with van der Waals surface area (Å²) >= 11 is 0. The molecule has 1 fully saturated rings. The van der Waals surface area contributed by atoms with E-state index in [1.807, 2.05) is 30.3 Å². The number of aliphatic hydroxyl groups excluding tert-OH is 3. The van der Waals surface area contributed by atoms with Gasteiger partial charge in [0.15, 0.2) is 6.10 Å². The highest BCUT2D eigenvalue weighted by Crippen LogP contribution is 2.31. The summed E-state index contributed by atoms with van der Waals surface area (Å²) in [6.07, 6.45) is -5.23. The van der Waals surface area contributed by atoms with Crippen LogP contribution in [-0.2, 0) is 4.74 Å². The molecule has 22 heavy (non-hydrogen) atoms. The lowest BCUT2D eigenvalue weighted by atomic mass is 9.89. The summed E-state index contributed by atoms with van der Waals surface area (Å²) in [4.78, 5) is 12.7. The Hall–Kier alpha value is -1.79. The van der Waals surface area contributed by atoms with Crippen LogP contribution in [0.25, 0.3) is 10.8 Å². The lowest BCUT2D eigenvalue weighted by molar-refractivity contribution is -0.168. The molecule has 0 aliphatic carbocycles. The number of aliphatic hydroxyl groups is 3. The van der Waals surface area contributed by atoms with E-state index < -0.39 is 30.2 Å². The van der Waals surface area contributed by atoms with Crippen molar-refractivity contribution in [3.8, 4) is 0 Å². The van der Waals surface area contributed by atoms with Gasteiger partial charge in [0, 0.05) is 5.56 Å². The fraction of sp³-hybridized carbons (Fsp3) is 0.294. The third kappa shape index (κ3) is 2.42. The van der Waals surface area contributed by atoms with Crippen LogP contribution in [0.1, 0.15) is 17.3 Å². The fourth-order valence-electron chi connectivity index (χ4n) is 2.70. The first-order valence-electron chi connectivity index (χ1n) is 7.11. The smallest absolute Gasteiger partial charge is 0.201 e. The van der Waals surface area contributed by atoms with Crippen LogP contribution in [0, 0.1) is 6.10 Å². The van der Waals surface area contributed by atoms with Gasteiger partial charge in [-0.2, -0.15) is 0 Å². The average molecular weight is 301 g/mol. The molecule has 0 bridgehead atoms. The summed E-state index contributed by atoms with van der Waals surface area (Å²) < 4.78 is 5.35. The van der Waals surface area contributed by atoms with Gasteiger partial charge < -0.3 is 20.1 Å². The molecule has 1 aliphatic heterocycles. The topological polar surface area (TPSA) is 87.0 Å². The molecule has 0 unspecified atom stereocenters. The predicted molar refractivity (Wildman–Crippen MR) is 80.1 cm³/mol. The molecule has 4 atom stereocenters. The van der Waals surface area contributed by atoms with Crippen LogP contribution in [0.5, 0.6) is 0 Å². The minimum atomic E-state index is -1.54. The minimum Gasteiger partial charge on any atom is -0.388 e. The Balaban J connectivity index is 1.99. The quantitative estimate of drug-likeness (QED) is 0.722. The van der Waals surface area contributed by atoms with Crippen LogP contribution in [0.4, 0.5) is 0 Å². The van der Waals surface area contributed by atoms with Crippen molar-refractivity contribution in [2.45, 2.75) is 31.3 Å². The number of rotatable bonds is 2. The summed E-state index contributed by atoms with van der Waals surface area (Å²) in [6, 6.07) is 12.7. The van der Waals surface area contributed by atoms with E-state index in [4.69, 9.17) is 4.74 Å². The number of fused-ring (bicyclic) bond motifs is 1. The number of hydrogen-bond donors (Lipinski definition) is 3. The van der Waals surface area contributed by atoms with Crippen LogP contribution in [0.3, 0.4) is 0 Å². The Labute approximate surface area is 127 Å². The van der Waals surface area contributed by atoms with Gasteiger partial charge in [0.2, 0.25) is 5.78 Å². The Kier molecular flexibility index (Phi) is 3.97. The molecule has 0 saturated carbocycles. The maximum atomic E-state index is 12.7. The van der Waals surface area contributed by atoms with Gasteiger partial charge in [-0.3, -0.25) is 4.79 Å². The third-order valence-electron chi connectivity index (χ3n) is 3.99. The van der Waals surface area contributed by atoms with E-state index in [1.165, 1.54) is 6.92 Å². The molecule has 2 aromatic carbocycles. The van der Waals surface area contributed by atoms with Crippen LogP contribution in [-0.4, -0.2) is 45.5 Å². The molecule has 3 N–H and O–H groups in total. The van der Waals surface area contributed by atoms with Crippen LogP contribution in [0.15, 0.2) is 42.5 Å². The highest BCUT2D eigenvalue weighted by molar-refractivity contribution is 6.14. The van der Waals surface area contributed by atoms with E-state index in [9.17, 15) is 20.1 Å². The number of carbonyl (C=O) groups excluding carboxylic acids is 1. The number of hydrogen-bond acceptors (Lipinski definition) is 5. The van der Waals surface area contributed by atoms with Gasteiger partial charge in [0.05, 0.1) is 6.10 Å². The summed E-state index contributed by atoms with van der Waals surface area (Å²) in [7, 11) is 0. The first kappa shape index (κ1) is 15.1. The van der Waals surface area contributed by atoms with Crippen LogP contribution >= 0.6 is 0 Å². The predicted octanol–water partition coefficient (Wildman–Crippen LogP) is 1.06. The van der Waals surface area contributed by atoms with Crippen molar-refractivity contribution in [2.75, 3.05) is 0 Å². The summed E-state index contributed by atoms with van der Waals surface area (Å²) in [5.74, 6) is -0.484. The molecule has 3 rings (SSSR count). The van der Waals surface area contributed by atoms with E-state index >= 15 is 0 Å². The second-order valence-electron chi connectivity index (χ2n) is 5.47.